The van der Waals surface area contributed by atoms with Gasteiger partial charge in [0.05, 0.1) is 0 Å². The van der Waals surface area contributed by atoms with Crippen LogP contribution >= 0.6 is 11.3 Å². The van der Waals surface area contributed by atoms with Crippen molar-refractivity contribution in [3.8, 4) is 11.1 Å². The second-order valence-electron chi connectivity index (χ2n) is 3.73. The summed E-state index contributed by atoms with van der Waals surface area (Å²) in [6, 6.07) is 7.47. The van der Waals surface area contributed by atoms with E-state index in [1.165, 1.54) is 4.88 Å². The minimum atomic E-state index is -0.141. The third-order valence-corrected chi connectivity index (χ3v) is 3.44. The fourth-order valence-electron chi connectivity index (χ4n) is 1.73. The van der Waals surface area contributed by atoms with Crippen LogP contribution in [0.1, 0.15) is 10.4 Å². The molecule has 0 amide bonds. The van der Waals surface area contributed by atoms with E-state index in [4.69, 9.17) is 0 Å². The Morgan fingerprint density at radius 1 is 1.31 bits per heavy atom. The molecule has 84 valence electrons. The summed E-state index contributed by atoms with van der Waals surface area (Å²) in [5.74, 6) is -0.141. The Kier molecular flexibility index (Phi) is 3.36. The van der Waals surface area contributed by atoms with E-state index in [1.54, 1.807) is 17.4 Å². The molecule has 1 aromatic heterocycles. The Morgan fingerprint density at radius 3 is 2.69 bits per heavy atom. The Labute approximate surface area is 98.9 Å². The molecule has 2 rings (SSSR count). The summed E-state index contributed by atoms with van der Waals surface area (Å²) >= 11 is 1.68. The first-order chi connectivity index (χ1) is 7.72. The highest BCUT2D eigenvalue weighted by molar-refractivity contribution is 7.10. The first kappa shape index (κ1) is 11.3. The maximum Gasteiger partial charge on any atom is 0.128 e. The van der Waals surface area contributed by atoms with Crippen LogP contribution in [0.15, 0.2) is 29.6 Å². The highest BCUT2D eigenvalue weighted by Gasteiger charge is 2.07. The van der Waals surface area contributed by atoms with Crippen LogP contribution in [0.25, 0.3) is 11.1 Å². The summed E-state index contributed by atoms with van der Waals surface area (Å²) in [4.78, 5) is 1.22. The van der Waals surface area contributed by atoms with Crippen molar-refractivity contribution in [1.82, 2.24) is 5.32 Å². The van der Waals surface area contributed by atoms with Gasteiger partial charge in [0.25, 0.3) is 0 Å². The van der Waals surface area contributed by atoms with Crippen LogP contribution in [-0.4, -0.2) is 7.05 Å². The molecule has 1 N–H and O–H groups in total. The van der Waals surface area contributed by atoms with Gasteiger partial charge >= 0.3 is 0 Å². The van der Waals surface area contributed by atoms with Crippen molar-refractivity contribution in [1.29, 1.82) is 0 Å². The minimum absolute atomic E-state index is 0.141. The Hall–Kier alpha value is -1.19. The molecule has 0 aliphatic carbocycles. The minimum Gasteiger partial charge on any atom is -0.316 e. The molecule has 0 fully saturated rings. The van der Waals surface area contributed by atoms with E-state index in [-0.39, 0.29) is 5.82 Å². The normalized spacial score (nSPS) is 10.7. The number of hydrogen-bond donors (Lipinski definition) is 1. The monoisotopic (exact) mass is 235 g/mol. The van der Waals surface area contributed by atoms with Gasteiger partial charge in [-0.25, -0.2) is 4.39 Å². The van der Waals surface area contributed by atoms with E-state index in [2.05, 4.69) is 12.2 Å². The Balaban J connectivity index is 2.38. The number of aryl methyl sites for hydroxylation is 1. The first-order valence-corrected chi connectivity index (χ1v) is 6.08. The third-order valence-electron chi connectivity index (χ3n) is 2.59. The second-order valence-corrected chi connectivity index (χ2v) is 4.85. The summed E-state index contributed by atoms with van der Waals surface area (Å²) < 4.78 is 13.7. The maximum absolute atomic E-state index is 13.7. The zero-order valence-corrected chi connectivity index (χ0v) is 10.2. The molecule has 0 aliphatic rings. The standard InChI is InChI=1S/C13H14FNS/c1-9-12(5-6-16-9)10-3-4-11(8-15-2)13(14)7-10/h3-7,15H,8H2,1-2H3. The second kappa shape index (κ2) is 4.76. The van der Waals surface area contributed by atoms with E-state index in [0.29, 0.717) is 12.1 Å². The number of rotatable bonds is 3. The van der Waals surface area contributed by atoms with Crippen molar-refractivity contribution < 1.29 is 4.39 Å². The van der Waals surface area contributed by atoms with Gasteiger partial charge in [-0.15, -0.1) is 11.3 Å². The highest BCUT2D eigenvalue weighted by atomic mass is 32.1. The van der Waals surface area contributed by atoms with E-state index in [0.717, 1.165) is 11.1 Å². The average Bonchev–Trinajstić information content (AvgIpc) is 2.68. The van der Waals surface area contributed by atoms with Crippen LogP contribution < -0.4 is 5.32 Å². The summed E-state index contributed by atoms with van der Waals surface area (Å²) in [7, 11) is 1.82. The molecular weight excluding hydrogens is 221 g/mol. The fraction of sp³-hybridized carbons (Fsp3) is 0.231. The third kappa shape index (κ3) is 2.15. The lowest BCUT2D eigenvalue weighted by Gasteiger charge is -2.05. The zero-order chi connectivity index (χ0) is 11.5. The molecule has 1 nitrogen and oxygen atoms in total. The Bertz CT molecular complexity index is 490. The van der Waals surface area contributed by atoms with Gasteiger partial charge in [0.1, 0.15) is 5.82 Å². The summed E-state index contributed by atoms with van der Waals surface area (Å²) in [5.41, 5.74) is 2.79. The van der Waals surface area contributed by atoms with Crippen molar-refractivity contribution in [2.75, 3.05) is 7.05 Å². The maximum atomic E-state index is 13.7. The predicted molar refractivity (Wildman–Crippen MR) is 67.2 cm³/mol. The van der Waals surface area contributed by atoms with Crippen molar-refractivity contribution in [3.63, 3.8) is 0 Å². The zero-order valence-electron chi connectivity index (χ0n) is 9.38. The molecule has 0 spiro atoms. The van der Waals surface area contributed by atoms with Crippen LogP contribution in [0.2, 0.25) is 0 Å². The van der Waals surface area contributed by atoms with Crippen LogP contribution in [0.5, 0.6) is 0 Å². The van der Waals surface area contributed by atoms with E-state index in [9.17, 15) is 4.39 Å². The number of benzene rings is 1. The molecule has 0 bridgehead atoms. The van der Waals surface area contributed by atoms with Gasteiger partial charge in [-0.05, 0) is 42.6 Å². The highest BCUT2D eigenvalue weighted by Crippen LogP contribution is 2.28. The molecule has 3 heteroatoms. The smallest absolute Gasteiger partial charge is 0.128 e. The molecular formula is C13H14FNS. The number of nitrogens with one attached hydrogen (secondary N) is 1. The van der Waals surface area contributed by atoms with E-state index in [1.807, 2.05) is 30.6 Å². The first-order valence-electron chi connectivity index (χ1n) is 5.20. The molecule has 0 aliphatic heterocycles. The van der Waals surface area contributed by atoms with Gasteiger partial charge in [-0.2, -0.15) is 0 Å². The van der Waals surface area contributed by atoms with E-state index >= 15 is 0 Å². The topological polar surface area (TPSA) is 12.0 Å². The quantitative estimate of drug-likeness (QED) is 0.857. The lowest BCUT2D eigenvalue weighted by Crippen LogP contribution is -2.06. The van der Waals surface area contributed by atoms with Gasteiger partial charge in [-0.1, -0.05) is 12.1 Å². The fourth-order valence-corrected chi connectivity index (χ4v) is 2.45. The van der Waals surface area contributed by atoms with Crippen molar-refractivity contribution in [2.45, 2.75) is 13.5 Å². The molecule has 0 saturated carbocycles. The van der Waals surface area contributed by atoms with Gasteiger partial charge < -0.3 is 5.32 Å². The number of hydrogen-bond acceptors (Lipinski definition) is 2. The molecule has 0 atom stereocenters. The molecule has 1 heterocycles. The van der Waals surface area contributed by atoms with Crippen molar-refractivity contribution in [3.05, 3.63) is 45.9 Å². The summed E-state index contributed by atoms with van der Waals surface area (Å²) in [6.07, 6.45) is 0. The SMILES string of the molecule is CNCc1ccc(-c2ccsc2C)cc1F. The van der Waals surface area contributed by atoms with Crippen LogP contribution in [0.4, 0.5) is 4.39 Å². The number of halogens is 1. The van der Waals surface area contributed by atoms with Gasteiger partial charge in [-0.3, -0.25) is 0 Å². The Morgan fingerprint density at radius 2 is 2.12 bits per heavy atom. The molecule has 2 aromatic rings. The van der Waals surface area contributed by atoms with Gasteiger partial charge in [0, 0.05) is 17.0 Å². The largest absolute Gasteiger partial charge is 0.316 e. The molecule has 0 radical (unpaired) electrons. The van der Waals surface area contributed by atoms with Gasteiger partial charge in [0.15, 0.2) is 0 Å². The van der Waals surface area contributed by atoms with Crippen LogP contribution in [0, 0.1) is 12.7 Å². The summed E-state index contributed by atoms with van der Waals surface area (Å²) in [6.45, 7) is 2.62. The van der Waals surface area contributed by atoms with E-state index < -0.39 is 0 Å². The average molecular weight is 235 g/mol. The molecule has 0 saturated heterocycles. The lowest BCUT2D eigenvalue weighted by atomic mass is 10.0. The molecule has 0 unspecified atom stereocenters. The molecule has 16 heavy (non-hydrogen) atoms. The predicted octanol–water partition coefficient (Wildman–Crippen LogP) is 3.58. The molecule has 1 aromatic carbocycles. The summed E-state index contributed by atoms with van der Waals surface area (Å²) in [5, 5.41) is 4.98. The van der Waals surface area contributed by atoms with Crippen molar-refractivity contribution >= 4 is 11.3 Å². The van der Waals surface area contributed by atoms with Crippen LogP contribution in [0.3, 0.4) is 0 Å². The van der Waals surface area contributed by atoms with Crippen molar-refractivity contribution in [2.24, 2.45) is 0 Å². The number of thiophene rings is 1. The van der Waals surface area contributed by atoms with Crippen LogP contribution in [-0.2, 0) is 6.54 Å². The lowest BCUT2D eigenvalue weighted by molar-refractivity contribution is 0.601. The van der Waals surface area contributed by atoms with Gasteiger partial charge in [0.2, 0.25) is 0 Å².